The van der Waals surface area contributed by atoms with Gasteiger partial charge in [0.15, 0.2) is 0 Å². The van der Waals surface area contributed by atoms with Crippen LogP contribution in [0.25, 0.3) is 0 Å². The molecule has 11 heteroatoms. The Kier molecular flexibility index (Phi) is 6.30. The summed E-state index contributed by atoms with van der Waals surface area (Å²) in [6.45, 7) is 0.498. The highest BCUT2D eigenvalue weighted by Crippen LogP contribution is 2.49. The second-order valence-corrected chi connectivity index (χ2v) is 11.5. The summed E-state index contributed by atoms with van der Waals surface area (Å²) in [5, 5.41) is 17.9. The molecule has 4 fully saturated rings. The summed E-state index contributed by atoms with van der Waals surface area (Å²) in [4.78, 5) is 27.2. The number of hydrazine groups is 1. The quantitative estimate of drug-likeness (QED) is 0.519. The van der Waals surface area contributed by atoms with Gasteiger partial charge in [0.2, 0.25) is 5.91 Å². The highest BCUT2D eigenvalue weighted by atomic mass is 19.4. The van der Waals surface area contributed by atoms with E-state index in [1.807, 2.05) is 0 Å². The van der Waals surface area contributed by atoms with Crippen molar-refractivity contribution in [1.82, 2.24) is 20.7 Å². The first-order valence-corrected chi connectivity index (χ1v) is 13.7. The number of carbonyl (C=O) groups excluding carboxylic acids is 2. The summed E-state index contributed by atoms with van der Waals surface area (Å²) < 4.78 is 43.0. The smallest absolute Gasteiger partial charge is 0.368 e. The van der Waals surface area contributed by atoms with Crippen molar-refractivity contribution in [2.24, 2.45) is 11.8 Å². The first-order chi connectivity index (χ1) is 18.2. The average molecular weight is 531 g/mol. The number of nitriles is 1. The molecule has 0 bridgehead atoms. The number of carbonyl (C=O) groups is 2. The van der Waals surface area contributed by atoms with Crippen molar-refractivity contribution < 1.29 is 22.8 Å². The predicted molar refractivity (Wildman–Crippen MR) is 132 cm³/mol. The van der Waals surface area contributed by atoms with E-state index in [1.165, 1.54) is 0 Å². The van der Waals surface area contributed by atoms with Gasteiger partial charge in [-0.05, 0) is 61.8 Å². The van der Waals surface area contributed by atoms with Gasteiger partial charge in [-0.2, -0.15) is 18.4 Å². The Morgan fingerprint density at radius 1 is 1.16 bits per heavy atom. The Hall–Kier alpha value is -2.84. The minimum atomic E-state index is -4.49. The lowest BCUT2D eigenvalue weighted by molar-refractivity contribution is -0.233. The van der Waals surface area contributed by atoms with Gasteiger partial charge >= 0.3 is 6.18 Å². The number of fused-ring (bicyclic) bond motifs is 2. The van der Waals surface area contributed by atoms with Crippen LogP contribution >= 0.6 is 0 Å². The van der Waals surface area contributed by atoms with Gasteiger partial charge < -0.3 is 15.5 Å². The standard InChI is InChI=1S/C27H33F3N6O2/c28-27(29,30)26(10-2-1-3-11-26)35-15-17-14-18(6-7-19(17)25(35)38)33-23-22-21(9-13-32-24(22)37)36(34-23)20(8-12-31)16-4-5-16/h6-7,14,16,20-23,33-34H,1-5,8-11,13,15H2,(H,32,37)/t20-,21?,22?,23?/m0/s1. The summed E-state index contributed by atoms with van der Waals surface area (Å²) in [7, 11) is 0. The fourth-order valence-electron chi connectivity index (χ4n) is 7.15. The number of rotatable bonds is 6. The minimum absolute atomic E-state index is 0.0328. The van der Waals surface area contributed by atoms with Crippen LogP contribution in [0.15, 0.2) is 18.2 Å². The average Bonchev–Trinajstić information content (AvgIpc) is 3.59. The molecule has 3 N–H and O–H groups in total. The number of nitrogens with one attached hydrogen (secondary N) is 3. The fraction of sp³-hybridized carbons (Fsp3) is 0.667. The van der Waals surface area contributed by atoms with Crippen LogP contribution in [0.3, 0.4) is 0 Å². The van der Waals surface area contributed by atoms with Crippen molar-refractivity contribution in [2.45, 2.75) is 94.3 Å². The number of anilines is 1. The largest absolute Gasteiger partial charge is 0.411 e. The highest BCUT2D eigenvalue weighted by molar-refractivity contribution is 5.99. The van der Waals surface area contributed by atoms with Gasteiger partial charge in [0, 0.05) is 36.4 Å². The zero-order chi connectivity index (χ0) is 26.7. The Labute approximate surface area is 219 Å². The van der Waals surface area contributed by atoms with Crippen LogP contribution in [0.2, 0.25) is 0 Å². The number of benzene rings is 1. The minimum Gasteiger partial charge on any atom is -0.368 e. The Bertz CT molecular complexity index is 1160. The molecule has 3 unspecified atom stereocenters. The van der Waals surface area contributed by atoms with E-state index in [0.29, 0.717) is 48.5 Å². The summed E-state index contributed by atoms with van der Waals surface area (Å²) in [6, 6.07) is 7.32. The van der Waals surface area contributed by atoms with Crippen molar-refractivity contribution in [2.75, 3.05) is 11.9 Å². The molecule has 0 radical (unpaired) electrons. The van der Waals surface area contributed by atoms with E-state index in [9.17, 15) is 28.0 Å². The van der Waals surface area contributed by atoms with Crippen LogP contribution in [0.1, 0.15) is 73.7 Å². The zero-order valence-corrected chi connectivity index (χ0v) is 21.2. The molecule has 3 aliphatic heterocycles. The zero-order valence-electron chi connectivity index (χ0n) is 21.2. The molecule has 8 nitrogen and oxygen atoms in total. The lowest BCUT2D eigenvalue weighted by Gasteiger charge is -2.45. The molecule has 2 saturated carbocycles. The Morgan fingerprint density at radius 2 is 1.92 bits per heavy atom. The molecule has 204 valence electrons. The fourth-order valence-corrected chi connectivity index (χ4v) is 7.15. The van der Waals surface area contributed by atoms with Crippen molar-refractivity contribution in [3.8, 4) is 6.07 Å². The summed E-state index contributed by atoms with van der Waals surface area (Å²) in [5.41, 5.74) is 2.86. The number of halogens is 3. The second kappa shape index (κ2) is 9.42. The third-order valence-corrected chi connectivity index (χ3v) is 9.24. The molecule has 38 heavy (non-hydrogen) atoms. The number of amides is 2. The van der Waals surface area contributed by atoms with Crippen molar-refractivity contribution in [3.63, 3.8) is 0 Å². The molecule has 2 aliphatic carbocycles. The number of hydrogen-bond acceptors (Lipinski definition) is 6. The van der Waals surface area contributed by atoms with Crippen LogP contribution < -0.4 is 16.1 Å². The van der Waals surface area contributed by atoms with E-state index in [0.717, 1.165) is 30.6 Å². The van der Waals surface area contributed by atoms with Gasteiger partial charge in [-0.3, -0.25) is 9.59 Å². The van der Waals surface area contributed by atoms with Gasteiger partial charge in [-0.1, -0.05) is 19.3 Å². The lowest BCUT2D eigenvalue weighted by atomic mass is 9.79. The number of piperidine rings is 1. The SMILES string of the molecule is N#CC[C@@H](C1CC1)N1NC(Nc2ccc3c(c2)CN(C2(C(F)(F)F)CCCCC2)C3=O)C2C(=O)NCCC21. The predicted octanol–water partition coefficient (Wildman–Crippen LogP) is 3.66. The molecule has 6 rings (SSSR count). The van der Waals surface area contributed by atoms with Crippen molar-refractivity contribution in [1.29, 1.82) is 5.26 Å². The van der Waals surface area contributed by atoms with Crippen LogP contribution in [-0.2, 0) is 11.3 Å². The van der Waals surface area contributed by atoms with Gasteiger partial charge in [0.25, 0.3) is 5.91 Å². The van der Waals surface area contributed by atoms with Crippen molar-refractivity contribution in [3.05, 3.63) is 29.3 Å². The van der Waals surface area contributed by atoms with Crippen LogP contribution in [-0.4, -0.2) is 58.2 Å². The van der Waals surface area contributed by atoms with Gasteiger partial charge in [-0.25, -0.2) is 10.4 Å². The van der Waals surface area contributed by atoms with Crippen LogP contribution in [0.5, 0.6) is 0 Å². The molecule has 5 aliphatic rings. The molecule has 1 aromatic carbocycles. The third kappa shape index (κ3) is 4.13. The summed E-state index contributed by atoms with van der Waals surface area (Å²) in [6.07, 6.45) is -0.113. The molecule has 0 spiro atoms. The second-order valence-electron chi connectivity index (χ2n) is 11.5. The number of nitrogens with zero attached hydrogens (tertiary/aromatic N) is 3. The van der Waals surface area contributed by atoms with Gasteiger partial charge in [-0.15, -0.1) is 0 Å². The summed E-state index contributed by atoms with van der Waals surface area (Å²) in [5.74, 6) is -0.575. The Morgan fingerprint density at radius 3 is 2.61 bits per heavy atom. The molecule has 4 atom stereocenters. The molecule has 3 heterocycles. The van der Waals surface area contributed by atoms with E-state index >= 15 is 0 Å². The maximum Gasteiger partial charge on any atom is 0.411 e. The first kappa shape index (κ1) is 25.4. The normalized spacial score (nSPS) is 29.8. The lowest BCUT2D eigenvalue weighted by Crippen LogP contribution is -2.59. The number of hydrogen-bond donors (Lipinski definition) is 3. The van der Waals surface area contributed by atoms with E-state index in [-0.39, 0.29) is 43.3 Å². The van der Waals surface area contributed by atoms with E-state index < -0.39 is 23.8 Å². The van der Waals surface area contributed by atoms with Crippen LogP contribution in [0, 0.1) is 23.2 Å². The maximum absolute atomic E-state index is 14.3. The summed E-state index contributed by atoms with van der Waals surface area (Å²) >= 11 is 0. The molecule has 2 amide bonds. The first-order valence-electron chi connectivity index (χ1n) is 13.7. The molecule has 2 saturated heterocycles. The van der Waals surface area contributed by atoms with E-state index in [4.69, 9.17) is 0 Å². The van der Waals surface area contributed by atoms with E-state index in [1.54, 1.807) is 18.2 Å². The number of alkyl halides is 3. The van der Waals surface area contributed by atoms with Crippen molar-refractivity contribution >= 4 is 17.5 Å². The molecule has 1 aromatic rings. The molecular formula is C27H33F3N6O2. The Balaban J connectivity index is 1.24. The topological polar surface area (TPSA) is 100 Å². The van der Waals surface area contributed by atoms with Crippen LogP contribution in [0.4, 0.5) is 18.9 Å². The van der Waals surface area contributed by atoms with Gasteiger partial charge in [0.05, 0.1) is 18.4 Å². The maximum atomic E-state index is 14.3. The third-order valence-electron chi connectivity index (χ3n) is 9.24. The van der Waals surface area contributed by atoms with E-state index in [2.05, 4.69) is 27.1 Å². The monoisotopic (exact) mass is 530 g/mol. The highest BCUT2D eigenvalue weighted by Gasteiger charge is 2.61. The molecule has 0 aromatic heterocycles. The molecular weight excluding hydrogens is 497 g/mol. The van der Waals surface area contributed by atoms with Gasteiger partial charge in [0.1, 0.15) is 11.7 Å².